The van der Waals surface area contributed by atoms with Crippen LogP contribution in [0.15, 0.2) is 30.5 Å². The van der Waals surface area contributed by atoms with E-state index >= 15 is 0 Å². The second-order valence-corrected chi connectivity index (χ2v) is 3.40. The van der Waals surface area contributed by atoms with E-state index in [1.807, 2.05) is 12.1 Å². The number of hydrogen-bond acceptors (Lipinski definition) is 1. The molecule has 0 amide bonds. The van der Waals surface area contributed by atoms with Gasteiger partial charge < -0.3 is 9.30 Å². The fourth-order valence-corrected chi connectivity index (χ4v) is 1.81. The first kappa shape index (κ1) is 9.13. The van der Waals surface area contributed by atoms with Crippen LogP contribution in [-0.2, 0) is 6.54 Å². The van der Waals surface area contributed by atoms with Crippen LogP contribution in [0.4, 0.5) is 0 Å². The van der Waals surface area contributed by atoms with E-state index in [2.05, 4.69) is 29.8 Å². The molecule has 2 rings (SSSR count). The van der Waals surface area contributed by atoms with Crippen LogP contribution in [0.5, 0.6) is 5.75 Å². The van der Waals surface area contributed by atoms with Crippen LogP contribution in [0, 0.1) is 0 Å². The molecule has 0 N–H and O–H groups in total. The summed E-state index contributed by atoms with van der Waals surface area (Å²) in [6.45, 7) is 3.25. The lowest BCUT2D eigenvalue weighted by Crippen LogP contribution is -1.93. The first-order valence-electron chi connectivity index (χ1n) is 4.98. The zero-order valence-electron chi connectivity index (χ0n) is 8.66. The maximum atomic E-state index is 5.31. The van der Waals surface area contributed by atoms with E-state index in [1.165, 1.54) is 10.9 Å². The third-order valence-corrected chi connectivity index (χ3v) is 2.46. The van der Waals surface area contributed by atoms with Crippen molar-refractivity contribution in [3.05, 3.63) is 30.5 Å². The summed E-state index contributed by atoms with van der Waals surface area (Å²) < 4.78 is 7.57. The molecule has 0 aliphatic heterocycles. The number of aromatic nitrogens is 1. The highest BCUT2D eigenvalue weighted by molar-refractivity contribution is 5.86. The maximum absolute atomic E-state index is 5.31. The molecule has 74 valence electrons. The summed E-state index contributed by atoms with van der Waals surface area (Å²) in [5.41, 5.74) is 1.26. The number of aryl methyl sites for hydroxylation is 1. The molecule has 0 radical (unpaired) electrons. The van der Waals surface area contributed by atoms with Gasteiger partial charge in [0.25, 0.3) is 0 Å². The number of ether oxygens (including phenoxy) is 1. The van der Waals surface area contributed by atoms with Gasteiger partial charge in [-0.15, -0.1) is 0 Å². The van der Waals surface area contributed by atoms with E-state index in [9.17, 15) is 0 Å². The van der Waals surface area contributed by atoms with Gasteiger partial charge in [-0.05, 0) is 24.6 Å². The molecule has 2 nitrogen and oxygen atoms in total. The molecule has 0 fully saturated rings. The number of fused-ring (bicyclic) bond motifs is 1. The van der Waals surface area contributed by atoms with Crippen LogP contribution in [-0.4, -0.2) is 11.7 Å². The van der Waals surface area contributed by atoms with Crippen LogP contribution in [0.3, 0.4) is 0 Å². The minimum atomic E-state index is 0.956. The third kappa shape index (κ3) is 1.37. The summed E-state index contributed by atoms with van der Waals surface area (Å²) in [4.78, 5) is 0. The fourth-order valence-electron chi connectivity index (χ4n) is 1.81. The van der Waals surface area contributed by atoms with Gasteiger partial charge in [0.05, 0.1) is 12.6 Å². The van der Waals surface area contributed by atoms with Crippen LogP contribution in [0.1, 0.15) is 13.3 Å². The third-order valence-electron chi connectivity index (χ3n) is 2.46. The topological polar surface area (TPSA) is 14.2 Å². The lowest BCUT2D eigenvalue weighted by atomic mass is 10.2. The highest BCUT2D eigenvalue weighted by Gasteiger charge is 2.04. The molecule has 2 heteroatoms. The quantitative estimate of drug-likeness (QED) is 0.723. The standard InChI is InChI=1S/C12H15NO/c1-3-8-13-9-7-10-11(13)5-4-6-12(10)14-2/h4-7,9H,3,8H2,1-2H3. The number of rotatable bonds is 3. The average molecular weight is 189 g/mol. The molecule has 1 aromatic heterocycles. The highest BCUT2D eigenvalue weighted by Crippen LogP contribution is 2.26. The molecule has 0 spiro atoms. The Morgan fingerprint density at radius 2 is 2.14 bits per heavy atom. The van der Waals surface area contributed by atoms with Crippen LogP contribution in [0.2, 0.25) is 0 Å². The zero-order chi connectivity index (χ0) is 9.97. The minimum absolute atomic E-state index is 0.956. The summed E-state index contributed by atoms with van der Waals surface area (Å²) in [7, 11) is 1.71. The predicted molar refractivity (Wildman–Crippen MR) is 58.8 cm³/mol. The Balaban J connectivity index is 2.57. The molecular weight excluding hydrogens is 174 g/mol. The van der Waals surface area contributed by atoms with E-state index in [-0.39, 0.29) is 0 Å². The van der Waals surface area contributed by atoms with Crippen LogP contribution in [0.25, 0.3) is 10.9 Å². The Kier molecular flexibility index (Phi) is 2.44. The SMILES string of the molecule is CCCn1ccc2c(OC)cccc21. The molecule has 2 aromatic rings. The second kappa shape index (κ2) is 3.74. The minimum Gasteiger partial charge on any atom is -0.496 e. The van der Waals surface area contributed by atoms with Crippen molar-refractivity contribution in [1.82, 2.24) is 4.57 Å². The molecule has 0 saturated carbocycles. The smallest absolute Gasteiger partial charge is 0.128 e. The molecule has 0 aliphatic rings. The van der Waals surface area contributed by atoms with Gasteiger partial charge in [0.1, 0.15) is 5.75 Å². The Bertz CT molecular complexity index is 431. The van der Waals surface area contributed by atoms with Crippen molar-refractivity contribution in [3.8, 4) is 5.75 Å². The number of benzene rings is 1. The summed E-state index contributed by atoms with van der Waals surface area (Å²) >= 11 is 0. The van der Waals surface area contributed by atoms with Gasteiger partial charge in [-0.1, -0.05) is 13.0 Å². The lowest BCUT2D eigenvalue weighted by Gasteiger charge is -2.04. The van der Waals surface area contributed by atoms with Crippen molar-refractivity contribution in [2.75, 3.05) is 7.11 Å². The van der Waals surface area contributed by atoms with Crippen molar-refractivity contribution >= 4 is 10.9 Å². The maximum Gasteiger partial charge on any atom is 0.128 e. The van der Waals surface area contributed by atoms with Gasteiger partial charge in [0, 0.05) is 18.1 Å². The molecule has 14 heavy (non-hydrogen) atoms. The van der Waals surface area contributed by atoms with Gasteiger partial charge in [-0.2, -0.15) is 0 Å². The van der Waals surface area contributed by atoms with Crippen LogP contribution >= 0.6 is 0 Å². The van der Waals surface area contributed by atoms with E-state index in [1.54, 1.807) is 7.11 Å². The molecule has 0 bridgehead atoms. The monoisotopic (exact) mass is 189 g/mol. The number of nitrogens with zero attached hydrogens (tertiary/aromatic N) is 1. The zero-order valence-corrected chi connectivity index (χ0v) is 8.66. The summed E-state index contributed by atoms with van der Waals surface area (Å²) in [5.74, 6) is 0.956. The van der Waals surface area contributed by atoms with E-state index in [0.717, 1.165) is 18.7 Å². The summed E-state index contributed by atoms with van der Waals surface area (Å²) in [5, 5.41) is 1.20. The van der Waals surface area contributed by atoms with E-state index in [0.29, 0.717) is 0 Å². The first-order valence-corrected chi connectivity index (χ1v) is 4.98. The summed E-state index contributed by atoms with van der Waals surface area (Å²) in [6, 6.07) is 8.28. The van der Waals surface area contributed by atoms with E-state index < -0.39 is 0 Å². The van der Waals surface area contributed by atoms with Gasteiger partial charge in [-0.25, -0.2) is 0 Å². The molecule has 1 aromatic carbocycles. The number of hydrogen-bond donors (Lipinski definition) is 0. The van der Waals surface area contributed by atoms with Crippen molar-refractivity contribution in [1.29, 1.82) is 0 Å². The molecule has 0 saturated heterocycles. The Morgan fingerprint density at radius 3 is 2.86 bits per heavy atom. The normalized spacial score (nSPS) is 10.7. The predicted octanol–water partition coefficient (Wildman–Crippen LogP) is 3.06. The van der Waals surface area contributed by atoms with Crippen molar-refractivity contribution in [2.24, 2.45) is 0 Å². The van der Waals surface area contributed by atoms with Gasteiger partial charge in [0.2, 0.25) is 0 Å². The molecule has 0 aliphatic carbocycles. The average Bonchev–Trinajstić information content (AvgIpc) is 2.62. The summed E-state index contributed by atoms with van der Waals surface area (Å²) in [6.07, 6.45) is 3.28. The fraction of sp³-hybridized carbons (Fsp3) is 0.333. The second-order valence-electron chi connectivity index (χ2n) is 3.40. The Labute approximate surface area is 84.1 Å². The van der Waals surface area contributed by atoms with Crippen molar-refractivity contribution < 1.29 is 4.74 Å². The van der Waals surface area contributed by atoms with Crippen molar-refractivity contribution in [2.45, 2.75) is 19.9 Å². The molecular formula is C12H15NO. The highest BCUT2D eigenvalue weighted by atomic mass is 16.5. The molecule has 0 unspecified atom stereocenters. The molecule has 1 heterocycles. The van der Waals surface area contributed by atoms with Gasteiger partial charge in [-0.3, -0.25) is 0 Å². The van der Waals surface area contributed by atoms with E-state index in [4.69, 9.17) is 4.74 Å². The Hall–Kier alpha value is -1.44. The van der Waals surface area contributed by atoms with Crippen molar-refractivity contribution in [3.63, 3.8) is 0 Å². The first-order chi connectivity index (χ1) is 6.86. The lowest BCUT2D eigenvalue weighted by molar-refractivity contribution is 0.420. The molecule has 0 atom stereocenters. The van der Waals surface area contributed by atoms with Gasteiger partial charge in [0.15, 0.2) is 0 Å². The largest absolute Gasteiger partial charge is 0.496 e. The number of methoxy groups -OCH3 is 1. The van der Waals surface area contributed by atoms with Crippen LogP contribution < -0.4 is 4.74 Å². The Morgan fingerprint density at radius 1 is 1.29 bits per heavy atom. The van der Waals surface area contributed by atoms with Gasteiger partial charge >= 0.3 is 0 Å².